The van der Waals surface area contributed by atoms with Gasteiger partial charge in [0, 0.05) is 55.2 Å². The van der Waals surface area contributed by atoms with Crippen LogP contribution >= 0.6 is 23.8 Å². The first-order chi connectivity index (χ1) is 18.7. The van der Waals surface area contributed by atoms with E-state index in [1.165, 1.54) is 0 Å². The second-order valence-corrected chi connectivity index (χ2v) is 10.8. The van der Waals surface area contributed by atoms with Gasteiger partial charge >= 0.3 is 0 Å². The number of nitrogens with zero attached hydrogens (tertiary/aromatic N) is 4. The Bertz CT molecular complexity index is 1490. The molecule has 9 heteroatoms. The number of nitrogens with one attached hydrogen (secondary N) is 2. The Labute approximate surface area is 239 Å². The van der Waals surface area contributed by atoms with E-state index in [1.807, 2.05) is 70.4 Å². The van der Waals surface area contributed by atoms with Crippen molar-refractivity contribution < 1.29 is 4.79 Å². The van der Waals surface area contributed by atoms with E-state index in [2.05, 4.69) is 66.5 Å². The first kappa shape index (κ1) is 26.7. The number of rotatable bonds is 7. The molecule has 39 heavy (non-hydrogen) atoms. The van der Waals surface area contributed by atoms with Gasteiger partial charge in [0.05, 0.1) is 22.4 Å². The number of hydrogen-bond donors (Lipinski definition) is 2. The lowest BCUT2D eigenvalue weighted by Crippen LogP contribution is -2.30. The number of hydrogen-bond acceptors (Lipinski definition) is 4. The zero-order valence-electron chi connectivity index (χ0n) is 22.3. The largest absolute Gasteiger partial charge is 0.378 e. The van der Waals surface area contributed by atoms with E-state index in [9.17, 15) is 4.79 Å². The Morgan fingerprint density at radius 3 is 2.44 bits per heavy atom. The van der Waals surface area contributed by atoms with Crippen molar-refractivity contribution in [2.24, 2.45) is 5.92 Å². The highest BCUT2D eigenvalue weighted by Gasteiger charge is 2.42. The number of carbonyl (C=O) groups excluding carboxylic acids is 1. The number of pyridine rings is 1. The van der Waals surface area contributed by atoms with E-state index >= 15 is 0 Å². The zero-order chi connectivity index (χ0) is 27.7. The Hall–Kier alpha value is -3.88. The van der Waals surface area contributed by atoms with E-state index in [-0.39, 0.29) is 23.9 Å². The standard InChI is InChI=1S/C30H31ClN6OS/c1-19(2)29(38)33-24-15-14-22(18-23(24)31)37-28(27(34-30(37)39)25-8-5-6-16-32-25)26-9-7-17-36(26)21-12-10-20(11-13-21)35(3)4/h5-19,27-28H,1-4H3,(H,33,38)(H,34,39)/t27-,28-/m0/s1. The minimum atomic E-state index is -0.219. The molecule has 0 spiro atoms. The Morgan fingerprint density at radius 1 is 1.05 bits per heavy atom. The summed E-state index contributed by atoms with van der Waals surface area (Å²) >= 11 is 12.6. The van der Waals surface area contributed by atoms with Crippen molar-refractivity contribution in [1.29, 1.82) is 0 Å². The van der Waals surface area contributed by atoms with Crippen LogP contribution in [0.15, 0.2) is 85.2 Å². The molecule has 1 amide bonds. The van der Waals surface area contributed by atoms with E-state index in [0.717, 1.165) is 28.5 Å². The van der Waals surface area contributed by atoms with Crippen LogP contribution in [0, 0.1) is 5.92 Å². The second kappa shape index (κ2) is 11.1. The highest BCUT2D eigenvalue weighted by Crippen LogP contribution is 2.43. The summed E-state index contributed by atoms with van der Waals surface area (Å²) in [5, 5.41) is 7.42. The van der Waals surface area contributed by atoms with Gasteiger partial charge in [-0.25, -0.2) is 0 Å². The predicted octanol–water partition coefficient (Wildman–Crippen LogP) is 6.36. The normalized spacial score (nSPS) is 16.9. The Kier molecular flexibility index (Phi) is 7.59. The van der Waals surface area contributed by atoms with Crippen molar-refractivity contribution in [3.05, 3.63) is 102 Å². The molecule has 1 fully saturated rings. The van der Waals surface area contributed by atoms with Crippen LogP contribution in [0.3, 0.4) is 0 Å². The molecule has 2 atom stereocenters. The first-order valence-electron chi connectivity index (χ1n) is 12.8. The molecule has 4 aromatic rings. The number of anilines is 3. The smallest absolute Gasteiger partial charge is 0.226 e. The van der Waals surface area contributed by atoms with Crippen molar-refractivity contribution in [3.63, 3.8) is 0 Å². The van der Waals surface area contributed by atoms with Gasteiger partial charge in [0.25, 0.3) is 0 Å². The summed E-state index contributed by atoms with van der Waals surface area (Å²) in [4.78, 5) is 21.1. The molecule has 3 heterocycles. The molecule has 200 valence electrons. The molecule has 0 aliphatic carbocycles. The van der Waals surface area contributed by atoms with Crippen LogP contribution in [0.5, 0.6) is 0 Å². The van der Waals surface area contributed by atoms with E-state index < -0.39 is 0 Å². The summed E-state index contributed by atoms with van der Waals surface area (Å²) in [7, 11) is 4.06. The maximum Gasteiger partial charge on any atom is 0.226 e. The molecule has 0 unspecified atom stereocenters. The molecule has 0 radical (unpaired) electrons. The third-order valence-corrected chi connectivity index (χ3v) is 7.47. The van der Waals surface area contributed by atoms with Crippen LogP contribution in [-0.4, -0.2) is 34.7 Å². The molecular weight excluding hydrogens is 528 g/mol. The van der Waals surface area contributed by atoms with Crippen molar-refractivity contribution in [2.75, 3.05) is 29.2 Å². The number of amides is 1. The molecule has 1 saturated heterocycles. The third kappa shape index (κ3) is 5.35. The number of halogens is 1. The van der Waals surface area contributed by atoms with E-state index in [4.69, 9.17) is 23.8 Å². The van der Waals surface area contributed by atoms with Crippen molar-refractivity contribution in [2.45, 2.75) is 25.9 Å². The Balaban J connectivity index is 1.58. The maximum atomic E-state index is 12.3. The second-order valence-electron chi connectivity index (χ2n) is 10.0. The fourth-order valence-electron chi connectivity index (χ4n) is 4.75. The summed E-state index contributed by atoms with van der Waals surface area (Å²) in [5.74, 6) is -0.242. The monoisotopic (exact) mass is 558 g/mol. The van der Waals surface area contributed by atoms with Gasteiger partial charge in [0.1, 0.15) is 6.04 Å². The Morgan fingerprint density at radius 2 is 1.79 bits per heavy atom. The number of benzene rings is 2. The molecule has 1 aliphatic rings. The minimum absolute atomic E-state index is 0.0887. The molecule has 2 aromatic carbocycles. The van der Waals surface area contributed by atoms with Gasteiger partial charge in [-0.2, -0.15) is 0 Å². The van der Waals surface area contributed by atoms with Crippen molar-refractivity contribution in [1.82, 2.24) is 14.9 Å². The lowest BCUT2D eigenvalue weighted by Gasteiger charge is -2.29. The fraction of sp³-hybridized carbons (Fsp3) is 0.233. The molecule has 2 N–H and O–H groups in total. The molecule has 5 rings (SSSR count). The summed E-state index contributed by atoms with van der Waals surface area (Å²) in [5.41, 5.74) is 5.49. The van der Waals surface area contributed by atoms with Crippen LogP contribution in [0.25, 0.3) is 5.69 Å². The van der Waals surface area contributed by atoms with Gasteiger partial charge in [0.15, 0.2) is 5.11 Å². The quantitative estimate of drug-likeness (QED) is 0.257. The van der Waals surface area contributed by atoms with Gasteiger partial charge in [-0.3, -0.25) is 9.78 Å². The molecule has 0 saturated carbocycles. The third-order valence-electron chi connectivity index (χ3n) is 6.84. The van der Waals surface area contributed by atoms with E-state index in [0.29, 0.717) is 15.8 Å². The lowest BCUT2D eigenvalue weighted by molar-refractivity contribution is -0.118. The number of carbonyl (C=O) groups is 1. The molecule has 7 nitrogen and oxygen atoms in total. The van der Waals surface area contributed by atoms with E-state index in [1.54, 1.807) is 6.20 Å². The fourth-order valence-corrected chi connectivity index (χ4v) is 5.32. The first-order valence-corrected chi connectivity index (χ1v) is 13.6. The minimum Gasteiger partial charge on any atom is -0.378 e. The summed E-state index contributed by atoms with van der Waals surface area (Å²) < 4.78 is 2.18. The molecule has 0 bridgehead atoms. The molecular formula is C30H31ClN6OS. The predicted molar refractivity (Wildman–Crippen MR) is 163 cm³/mol. The summed E-state index contributed by atoms with van der Waals surface area (Å²) in [6.45, 7) is 3.69. The highest BCUT2D eigenvalue weighted by atomic mass is 35.5. The van der Waals surface area contributed by atoms with Crippen LogP contribution in [0.1, 0.15) is 37.3 Å². The van der Waals surface area contributed by atoms with Gasteiger partial charge in [-0.05, 0) is 78.9 Å². The van der Waals surface area contributed by atoms with Crippen LogP contribution < -0.4 is 20.4 Å². The van der Waals surface area contributed by atoms with Crippen LogP contribution in [0.4, 0.5) is 17.1 Å². The van der Waals surface area contributed by atoms with Crippen LogP contribution in [0.2, 0.25) is 5.02 Å². The maximum absolute atomic E-state index is 12.3. The topological polar surface area (TPSA) is 65.4 Å². The highest BCUT2D eigenvalue weighted by molar-refractivity contribution is 7.80. The van der Waals surface area contributed by atoms with Gasteiger partial charge in [-0.15, -0.1) is 0 Å². The van der Waals surface area contributed by atoms with Gasteiger partial charge in [0.2, 0.25) is 5.91 Å². The summed E-state index contributed by atoms with van der Waals surface area (Å²) in [6, 6.07) is 23.7. The van der Waals surface area contributed by atoms with Gasteiger partial charge < -0.3 is 25.0 Å². The number of thiocarbonyl (C=S) groups is 1. The molecule has 1 aliphatic heterocycles. The van der Waals surface area contributed by atoms with Gasteiger partial charge in [-0.1, -0.05) is 31.5 Å². The summed E-state index contributed by atoms with van der Waals surface area (Å²) in [6.07, 6.45) is 3.86. The van der Waals surface area contributed by atoms with Crippen LogP contribution in [-0.2, 0) is 4.79 Å². The zero-order valence-corrected chi connectivity index (χ0v) is 23.9. The average molecular weight is 559 g/mol. The molecule has 2 aromatic heterocycles. The van der Waals surface area contributed by atoms with Crippen molar-refractivity contribution >= 4 is 51.9 Å². The van der Waals surface area contributed by atoms with Crippen molar-refractivity contribution in [3.8, 4) is 5.69 Å². The lowest BCUT2D eigenvalue weighted by atomic mass is 10.0. The SMILES string of the molecule is CC(C)C(=O)Nc1ccc(N2C(=S)N[C@@H](c3ccccn3)[C@@H]2c2cccn2-c2ccc(N(C)C)cc2)cc1Cl. The number of aromatic nitrogens is 2. The average Bonchev–Trinajstić information content (AvgIpc) is 3.54.